The van der Waals surface area contributed by atoms with Gasteiger partial charge in [0.2, 0.25) is 0 Å². The van der Waals surface area contributed by atoms with Gasteiger partial charge in [-0.15, -0.1) is 0 Å². The highest BCUT2D eigenvalue weighted by Gasteiger charge is 2.23. The molecule has 2 rings (SSSR count). The van der Waals surface area contributed by atoms with E-state index in [0.29, 0.717) is 0 Å². The van der Waals surface area contributed by atoms with Crippen LogP contribution in [-0.2, 0) is 4.74 Å². The summed E-state index contributed by atoms with van der Waals surface area (Å²) in [4.78, 5) is 7.65. The van der Waals surface area contributed by atoms with Crippen LogP contribution in [-0.4, -0.2) is 49.9 Å². The fraction of sp³-hybridized carbons (Fsp3) is 0.600. The lowest BCUT2D eigenvalue weighted by Gasteiger charge is -2.39. The van der Waals surface area contributed by atoms with Crippen LogP contribution >= 0.6 is 0 Å². The first kappa shape index (κ1) is 9.55. The molecule has 2 heterocycles. The van der Waals surface area contributed by atoms with E-state index in [2.05, 4.69) is 27.9 Å². The number of anilines is 1. The third kappa shape index (κ3) is 1.76. The van der Waals surface area contributed by atoms with E-state index in [0.717, 1.165) is 19.6 Å². The van der Waals surface area contributed by atoms with Crippen LogP contribution in [0.1, 0.15) is 0 Å². The van der Waals surface area contributed by atoms with Crippen molar-refractivity contribution in [3.8, 4) is 0 Å². The topological polar surface area (TPSA) is 31.5 Å². The van der Waals surface area contributed by atoms with Gasteiger partial charge in [-0.3, -0.25) is 4.90 Å². The van der Waals surface area contributed by atoms with Crippen molar-refractivity contribution in [3.05, 3.63) is 18.5 Å². The van der Waals surface area contributed by atoms with Crippen molar-refractivity contribution in [2.24, 2.45) is 0 Å². The van der Waals surface area contributed by atoms with E-state index in [4.69, 9.17) is 4.74 Å². The van der Waals surface area contributed by atoms with Gasteiger partial charge in [0.05, 0.1) is 12.2 Å². The highest BCUT2D eigenvalue weighted by Crippen LogP contribution is 2.17. The summed E-state index contributed by atoms with van der Waals surface area (Å²) < 4.78 is 5.41. The van der Waals surface area contributed by atoms with E-state index in [9.17, 15) is 0 Å². The summed E-state index contributed by atoms with van der Waals surface area (Å²) >= 11 is 0. The molecule has 1 aliphatic heterocycles. The number of likely N-dealkylation sites (N-methyl/N-ethyl adjacent to an activating group) is 1. The predicted molar refractivity (Wildman–Crippen MR) is 56.4 cm³/mol. The van der Waals surface area contributed by atoms with Gasteiger partial charge in [0.15, 0.2) is 0 Å². The molecule has 14 heavy (non-hydrogen) atoms. The number of aromatic amines is 1. The summed E-state index contributed by atoms with van der Waals surface area (Å²) in [5, 5.41) is 0. The number of nitrogens with one attached hydrogen (secondary N) is 1. The standard InChI is InChI=1S/C10H17N3O/c1-12-5-6-13(8-10(12)14-2)9-3-4-11-7-9/h3-4,7,10-11H,5-6,8H2,1-2H3. The van der Waals surface area contributed by atoms with Crippen LogP contribution in [0.15, 0.2) is 18.5 Å². The minimum atomic E-state index is 0.207. The molecule has 1 aromatic heterocycles. The van der Waals surface area contributed by atoms with Crippen molar-refractivity contribution in [1.82, 2.24) is 9.88 Å². The van der Waals surface area contributed by atoms with Crippen molar-refractivity contribution in [2.75, 3.05) is 38.7 Å². The van der Waals surface area contributed by atoms with E-state index in [1.807, 2.05) is 12.4 Å². The van der Waals surface area contributed by atoms with E-state index >= 15 is 0 Å². The lowest BCUT2D eigenvalue weighted by atomic mass is 10.3. The lowest BCUT2D eigenvalue weighted by Crippen LogP contribution is -2.52. The van der Waals surface area contributed by atoms with Gasteiger partial charge in [0.1, 0.15) is 6.23 Å². The van der Waals surface area contributed by atoms with Crippen molar-refractivity contribution in [1.29, 1.82) is 0 Å². The van der Waals surface area contributed by atoms with Crippen molar-refractivity contribution >= 4 is 5.69 Å². The van der Waals surface area contributed by atoms with Gasteiger partial charge in [0.25, 0.3) is 0 Å². The van der Waals surface area contributed by atoms with Crippen LogP contribution in [0.3, 0.4) is 0 Å². The molecule has 0 bridgehead atoms. The molecule has 1 unspecified atom stereocenters. The zero-order valence-corrected chi connectivity index (χ0v) is 8.73. The van der Waals surface area contributed by atoms with Gasteiger partial charge in [-0.25, -0.2) is 0 Å². The molecule has 78 valence electrons. The number of piperazine rings is 1. The second kappa shape index (κ2) is 4.02. The summed E-state index contributed by atoms with van der Waals surface area (Å²) in [6.45, 7) is 3.04. The number of rotatable bonds is 2. The van der Waals surface area contributed by atoms with Crippen LogP contribution in [0, 0.1) is 0 Å². The van der Waals surface area contributed by atoms with Crippen molar-refractivity contribution < 1.29 is 4.74 Å². The van der Waals surface area contributed by atoms with Crippen LogP contribution in [0.4, 0.5) is 5.69 Å². The zero-order valence-electron chi connectivity index (χ0n) is 8.73. The maximum Gasteiger partial charge on any atom is 0.127 e. The quantitative estimate of drug-likeness (QED) is 0.755. The second-order valence-corrected chi connectivity index (χ2v) is 3.69. The highest BCUT2D eigenvalue weighted by molar-refractivity contribution is 5.44. The van der Waals surface area contributed by atoms with E-state index < -0.39 is 0 Å². The molecule has 4 heteroatoms. The monoisotopic (exact) mass is 195 g/mol. The molecule has 4 nitrogen and oxygen atoms in total. The largest absolute Gasteiger partial charge is 0.366 e. The zero-order chi connectivity index (χ0) is 9.97. The van der Waals surface area contributed by atoms with Gasteiger partial charge in [-0.1, -0.05) is 0 Å². The SMILES string of the molecule is COC1CN(c2cc[nH]c2)CCN1C. The van der Waals surface area contributed by atoms with Gasteiger partial charge in [-0.05, 0) is 13.1 Å². The molecule has 1 saturated heterocycles. The Morgan fingerprint density at radius 1 is 1.50 bits per heavy atom. The average Bonchev–Trinajstić information content (AvgIpc) is 2.71. The molecule has 1 atom stereocenters. The predicted octanol–water partition coefficient (Wildman–Crippen LogP) is 0.739. The van der Waals surface area contributed by atoms with Crippen molar-refractivity contribution in [2.45, 2.75) is 6.23 Å². The van der Waals surface area contributed by atoms with Crippen molar-refractivity contribution in [3.63, 3.8) is 0 Å². The summed E-state index contributed by atoms with van der Waals surface area (Å²) in [5.74, 6) is 0. The fourth-order valence-electron chi connectivity index (χ4n) is 1.84. The molecule has 1 aliphatic rings. The highest BCUT2D eigenvalue weighted by atomic mass is 16.5. The Morgan fingerprint density at radius 2 is 2.36 bits per heavy atom. The average molecular weight is 195 g/mol. The molecule has 0 saturated carbocycles. The molecule has 0 radical (unpaired) electrons. The molecule has 0 amide bonds. The minimum absolute atomic E-state index is 0.207. The first-order chi connectivity index (χ1) is 6.81. The maximum atomic E-state index is 5.41. The number of hydrogen-bond donors (Lipinski definition) is 1. The third-order valence-electron chi connectivity index (χ3n) is 2.81. The molecular formula is C10H17N3O. The van der Waals surface area contributed by atoms with Gasteiger partial charge >= 0.3 is 0 Å². The Morgan fingerprint density at radius 3 is 3.00 bits per heavy atom. The molecule has 0 aromatic carbocycles. The summed E-state index contributed by atoms with van der Waals surface area (Å²) in [7, 11) is 3.87. The summed E-state index contributed by atoms with van der Waals surface area (Å²) in [6, 6.07) is 2.10. The number of hydrogen-bond acceptors (Lipinski definition) is 3. The molecule has 1 fully saturated rings. The Bertz CT molecular complexity index is 273. The molecule has 0 spiro atoms. The van der Waals surface area contributed by atoms with Crippen LogP contribution in [0.5, 0.6) is 0 Å². The van der Waals surface area contributed by atoms with E-state index in [1.165, 1.54) is 5.69 Å². The van der Waals surface area contributed by atoms with Gasteiger partial charge in [-0.2, -0.15) is 0 Å². The number of nitrogens with zero attached hydrogens (tertiary/aromatic N) is 2. The van der Waals surface area contributed by atoms with Crippen LogP contribution in [0.2, 0.25) is 0 Å². The van der Waals surface area contributed by atoms with E-state index in [-0.39, 0.29) is 6.23 Å². The lowest BCUT2D eigenvalue weighted by molar-refractivity contribution is -0.0225. The Kier molecular flexibility index (Phi) is 2.74. The van der Waals surface area contributed by atoms with Gasteiger partial charge in [0, 0.05) is 32.6 Å². The van der Waals surface area contributed by atoms with E-state index in [1.54, 1.807) is 7.11 Å². The third-order valence-corrected chi connectivity index (χ3v) is 2.81. The molecule has 1 N–H and O–H groups in total. The second-order valence-electron chi connectivity index (χ2n) is 3.69. The van der Waals surface area contributed by atoms with Crippen LogP contribution in [0.25, 0.3) is 0 Å². The molecule has 0 aliphatic carbocycles. The first-order valence-electron chi connectivity index (χ1n) is 4.92. The number of ether oxygens (including phenoxy) is 1. The Labute approximate surface area is 84.5 Å². The van der Waals surface area contributed by atoms with Crippen LogP contribution < -0.4 is 4.90 Å². The number of H-pyrrole nitrogens is 1. The fourth-order valence-corrected chi connectivity index (χ4v) is 1.84. The minimum Gasteiger partial charge on any atom is -0.366 e. The summed E-state index contributed by atoms with van der Waals surface area (Å²) in [5.41, 5.74) is 1.25. The molecule has 1 aromatic rings. The van der Waals surface area contributed by atoms with Gasteiger partial charge < -0.3 is 14.6 Å². The Hall–Kier alpha value is -1.00. The summed E-state index contributed by atoms with van der Waals surface area (Å²) in [6.07, 6.45) is 4.19. The normalized spacial score (nSPS) is 24.1. The maximum absolute atomic E-state index is 5.41. The first-order valence-corrected chi connectivity index (χ1v) is 4.92. The Balaban J connectivity index is 2.03. The smallest absolute Gasteiger partial charge is 0.127 e. The number of methoxy groups -OCH3 is 1. The number of aromatic nitrogens is 1. The molecular weight excluding hydrogens is 178 g/mol.